The summed E-state index contributed by atoms with van der Waals surface area (Å²) in [6.45, 7) is 3.16. The molecule has 22 heavy (non-hydrogen) atoms. The summed E-state index contributed by atoms with van der Waals surface area (Å²) in [6, 6.07) is 3.52. The van der Waals surface area contributed by atoms with E-state index < -0.39 is 10.0 Å². The summed E-state index contributed by atoms with van der Waals surface area (Å²) in [6.07, 6.45) is 10.1. The van der Waals surface area contributed by atoms with Crippen LogP contribution >= 0.6 is 11.3 Å². The monoisotopic (exact) mass is 340 g/mol. The van der Waals surface area contributed by atoms with E-state index in [4.69, 9.17) is 0 Å². The smallest absolute Gasteiger partial charge is 0.250 e. The van der Waals surface area contributed by atoms with Gasteiger partial charge in [-0.3, -0.25) is 0 Å². The molecular weight excluding hydrogens is 316 g/mol. The highest BCUT2D eigenvalue weighted by atomic mass is 32.2. The molecule has 1 atom stereocenters. The minimum atomic E-state index is -3.32. The lowest BCUT2D eigenvalue weighted by atomic mass is 9.93. The zero-order valence-electron chi connectivity index (χ0n) is 12.8. The summed E-state index contributed by atoms with van der Waals surface area (Å²) in [5, 5.41) is 1.80. The summed E-state index contributed by atoms with van der Waals surface area (Å²) in [5.74, 6) is 0.782. The molecule has 0 bridgehead atoms. The number of rotatable bonds is 5. The summed E-state index contributed by atoms with van der Waals surface area (Å²) < 4.78 is 27.8. The molecule has 3 rings (SSSR count). The minimum Gasteiger partial charge on any atom is -0.303 e. The number of likely N-dealkylation sites (tertiary alicyclic amines) is 1. The van der Waals surface area contributed by atoms with Crippen molar-refractivity contribution in [2.24, 2.45) is 5.92 Å². The zero-order valence-corrected chi connectivity index (χ0v) is 14.4. The Morgan fingerprint density at radius 2 is 2.05 bits per heavy atom. The van der Waals surface area contributed by atoms with E-state index in [0.717, 1.165) is 38.4 Å². The van der Waals surface area contributed by atoms with E-state index in [1.165, 1.54) is 30.6 Å². The number of allylic oxidation sites excluding steroid dienone is 2. The van der Waals surface area contributed by atoms with Crippen molar-refractivity contribution in [1.29, 1.82) is 0 Å². The van der Waals surface area contributed by atoms with Crippen LogP contribution in [0.4, 0.5) is 0 Å². The number of nitrogens with zero attached hydrogens (tertiary/aromatic N) is 1. The van der Waals surface area contributed by atoms with Crippen molar-refractivity contribution >= 4 is 21.4 Å². The maximum Gasteiger partial charge on any atom is 0.250 e. The molecule has 2 aliphatic rings. The van der Waals surface area contributed by atoms with Crippen molar-refractivity contribution < 1.29 is 8.42 Å². The Balaban J connectivity index is 1.46. The molecule has 1 aliphatic heterocycles. The van der Waals surface area contributed by atoms with Crippen LogP contribution in [-0.2, 0) is 10.0 Å². The largest absolute Gasteiger partial charge is 0.303 e. The summed E-state index contributed by atoms with van der Waals surface area (Å²) in [4.78, 5) is 2.50. The van der Waals surface area contributed by atoms with Gasteiger partial charge in [0.2, 0.25) is 10.0 Å². The summed E-state index contributed by atoms with van der Waals surface area (Å²) >= 11 is 1.27. The van der Waals surface area contributed by atoms with Gasteiger partial charge in [0.1, 0.15) is 4.21 Å². The molecule has 6 heteroatoms. The molecule has 0 aromatic carbocycles. The Morgan fingerprint density at radius 1 is 1.23 bits per heavy atom. The lowest BCUT2D eigenvalue weighted by Crippen LogP contribution is -2.45. The number of hydrogen-bond acceptors (Lipinski definition) is 4. The topological polar surface area (TPSA) is 49.4 Å². The van der Waals surface area contributed by atoms with Gasteiger partial charge in [0.05, 0.1) is 0 Å². The highest BCUT2D eigenvalue weighted by molar-refractivity contribution is 7.91. The first-order chi connectivity index (χ1) is 10.6. The molecule has 1 aliphatic carbocycles. The second-order valence-electron chi connectivity index (χ2n) is 6.28. The highest BCUT2D eigenvalue weighted by Gasteiger charge is 2.26. The SMILES string of the molecule is O=S(=O)(NC1CCN(C[C@@H]2CC=CCC2)CC1)c1cccs1. The predicted molar refractivity (Wildman–Crippen MR) is 90.6 cm³/mol. The Hall–Kier alpha value is -0.690. The Morgan fingerprint density at radius 3 is 2.68 bits per heavy atom. The molecule has 122 valence electrons. The lowest BCUT2D eigenvalue weighted by molar-refractivity contribution is 0.174. The average Bonchev–Trinajstić information content (AvgIpc) is 3.05. The van der Waals surface area contributed by atoms with Gasteiger partial charge in [-0.2, -0.15) is 0 Å². The van der Waals surface area contributed by atoms with E-state index in [2.05, 4.69) is 21.8 Å². The standard InChI is InChI=1S/C16H24N2O2S2/c19-22(20,16-7-4-12-21-16)17-15-8-10-18(11-9-15)13-14-5-2-1-3-6-14/h1-2,4,7,12,14-15,17H,3,5-6,8-11,13H2/t14-/m1/s1. The van der Waals surface area contributed by atoms with Gasteiger partial charge in [-0.15, -0.1) is 11.3 Å². The van der Waals surface area contributed by atoms with Gasteiger partial charge in [0.25, 0.3) is 0 Å². The van der Waals surface area contributed by atoms with E-state index in [-0.39, 0.29) is 6.04 Å². The maximum absolute atomic E-state index is 12.2. The summed E-state index contributed by atoms with van der Waals surface area (Å²) in [7, 11) is -3.32. The van der Waals surface area contributed by atoms with Crippen molar-refractivity contribution in [3.05, 3.63) is 29.7 Å². The molecule has 1 fully saturated rings. The van der Waals surface area contributed by atoms with Gasteiger partial charge in [-0.25, -0.2) is 13.1 Å². The van der Waals surface area contributed by atoms with Crippen LogP contribution in [0.25, 0.3) is 0 Å². The van der Waals surface area contributed by atoms with Crippen LogP contribution in [0, 0.1) is 5.92 Å². The quantitative estimate of drug-likeness (QED) is 0.839. The minimum absolute atomic E-state index is 0.0783. The van der Waals surface area contributed by atoms with Gasteiger partial charge in [0.15, 0.2) is 0 Å². The zero-order chi connectivity index (χ0) is 15.4. The molecule has 0 radical (unpaired) electrons. The molecule has 0 amide bonds. The van der Waals surface area contributed by atoms with Crippen LogP contribution in [0.15, 0.2) is 33.9 Å². The van der Waals surface area contributed by atoms with Gasteiger partial charge in [0, 0.05) is 12.6 Å². The predicted octanol–water partition coefficient (Wildman–Crippen LogP) is 2.85. The van der Waals surface area contributed by atoms with Crippen LogP contribution in [0.3, 0.4) is 0 Å². The van der Waals surface area contributed by atoms with Gasteiger partial charge in [-0.05, 0) is 62.6 Å². The van der Waals surface area contributed by atoms with Crippen LogP contribution < -0.4 is 4.72 Å². The fourth-order valence-corrected chi connectivity index (χ4v) is 5.63. The Labute approximate surface area is 137 Å². The average molecular weight is 341 g/mol. The fraction of sp³-hybridized carbons (Fsp3) is 0.625. The number of nitrogens with one attached hydrogen (secondary N) is 1. The molecule has 0 unspecified atom stereocenters. The molecule has 1 saturated heterocycles. The van der Waals surface area contributed by atoms with Crippen molar-refractivity contribution in [2.45, 2.75) is 42.4 Å². The second-order valence-corrected chi connectivity index (χ2v) is 9.17. The maximum atomic E-state index is 12.2. The van der Waals surface area contributed by atoms with E-state index in [9.17, 15) is 8.42 Å². The van der Waals surface area contributed by atoms with Crippen molar-refractivity contribution in [3.63, 3.8) is 0 Å². The fourth-order valence-electron chi connectivity index (χ4n) is 3.31. The van der Waals surface area contributed by atoms with Crippen molar-refractivity contribution in [2.75, 3.05) is 19.6 Å². The number of piperidine rings is 1. The normalized spacial score (nSPS) is 24.6. The molecule has 1 aromatic rings. The van der Waals surface area contributed by atoms with E-state index in [0.29, 0.717) is 4.21 Å². The van der Waals surface area contributed by atoms with Gasteiger partial charge < -0.3 is 4.90 Å². The van der Waals surface area contributed by atoms with E-state index >= 15 is 0 Å². The first kappa shape index (κ1) is 16.2. The molecule has 0 spiro atoms. The van der Waals surface area contributed by atoms with Crippen LogP contribution in [0.5, 0.6) is 0 Å². The molecular formula is C16H24N2O2S2. The molecule has 1 aromatic heterocycles. The third-order valence-electron chi connectivity index (χ3n) is 4.56. The Bertz CT molecular complexity index is 588. The highest BCUT2D eigenvalue weighted by Crippen LogP contribution is 2.22. The first-order valence-electron chi connectivity index (χ1n) is 8.07. The molecule has 0 saturated carbocycles. The number of hydrogen-bond donors (Lipinski definition) is 1. The van der Waals surface area contributed by atoms with E-state index in [1.54, 1.807) is 17.5 Å². The lowest BCUT2D eigenvalue weighted by Gasteiger charge is -2.34. The van der Waals surface area contributed by atoms with Crippen LogP contribution in [-0.4, -0.2) is 39.0 Å². The van der Waals surface area contributed by atoms with Crippen molar-refractivity contribution in [1.82, 2.24) is 9.62 Å². The van der Waals surface area contributed by atoms with Crippen LogP contribution in [0.1, 0.15) is 32.1 Å². The van der Waals surface area contributed by atoms with Gasteiger partial charge in [-0.1, -0.05) is 18.2 Å². The van der Waals surface area contributed by atoms with Crippen molar-refractivity contribution in [3.8, 4) is 0 Å². The number of sulfonamides is 1. The third kappa shape index (κ3) is 4.19. The van der Waals surface area contributed by atoms with Crippen LogP contribution in [0.2, 0.25) is 0 Å². The second kappa shape index (κ2) is 7.25. The first-order valence-corrected chi connectivity index (χ1v) is 10.4. The number of thiophene rings is 1. The molecule has 4 nitrogen and oxygen atoms in total. The molecule has 2 heterocycles. The summed E-state index contributed by atoms with van der Waals surface area (Å²) in [5.41, 5.74) is 0. The third-order valence-corrected chi connectivity index (χ3v) is 7.48. The molecule has 1 N–H and O–H groups in total. The van der Waals surface area contributed by atoms with Gasteiger partial charge >= 0.3 is 0 Å². The van der Waals surface area contributed by atoms with E-state index in [1.807, 2.05) is 0 Å². The Kier molecular flexibility index (Phi) is 5.33.